The van der Waals surface area contributed by atoms with Crippen LogP contribution in [0.15, 0.2) is 47.3 Å². The molecular weight excluding hydrogens is 372 g/mol. The average molecular weight is 398 g/mol. The third-order valence-electron chi connectivity index (χ3n) is 5.07. The van der Waals surface area contributed by atoms with Crippen LogP contribution in [0.4, 0.5) is 0 Å². The Hall–Kier alpha value is -3.22. The first-order valence-corrected chi connectivity index (χ1v) is 9.60. The number of carbonyl (C=O) groups excluding carboxylic acids is 2. The summed E-state index contributed by atoms with van der Waals surface area (Å²) in [6.45, 7) is 1.97. The van der Waals surface area contributed by atoms with Gasteiger partial charge in [0.2, 0.25) is 5.91 Å². The van der Waals surface area contributed by atoms with Crippen LogP contribution in [0.5, 0.6) is 11.5 Å². The monoisotopic (exact) mass is 398 g/mol. The first kappa shape index (κ1) is 20.5. The number of amides is 2. The van der Waals surface area contributed by atoms with Gasteiger partial charge in [-0.1, -0.05) is 6.07 Å². The Labute approximate surface area is 170 Å². The number of piperidine rings is 1. The van der Waals surface area contributed by atoms with Crippen LogP contribution >= 0.6 is 0 Å². The molecule has 1 aromatic heterocycles. The standard InChI is InChI=1S/C22H26N2O5/c1-27-19-5-3-16(13-20(19)28-2)4-6-21(25)23-14-17-7-10-24(11-8-17)22(26)18-9-12-29-15-18/h3-6,9,12-13,15,17H,7-8,10-11,14H2,1-2H3,(H,23,25)/b6-4+. The molecule has 0 radical (unpaired) electrons. The SMILES string of the molecule is COc1ccc(/C=C/C(=O)NCC2CCN(C(=O)c3ccoc3)CC2)cc1OC. The van der Waals surface area contributed by atoms with E-state index in [4.69, 9.17) is 13.9 Å². The number of methoxy groups -OCH3 is 2. The van der Waals surface area contributed by atoms with Gasteiger partial charge in [0.15, 0.2) is 11.5 Å². The molecule has 1 aromatic carbocycles. The van der Waals surface area contributed by atoms with E-state index in [1.165, 1.54) is 18.6 Å². The van der Waals surface area contributed by atoms with Crippen LogP contribution in [0.2, 0.25) is 0 Å². The van der Waals surface area contributed by atoms with Crippen LogP contribution in [0.3, 0.4) is 0 Å². The van der Waals surface area contributed by atoms with Gasteiger partial charge in [0.25, 0.3) is 5.91 Å². The highest BCUT2D eigenvalue weighted by Crippen LogP contribution is 2.28. The summed E-state index contributed by atoms with van der Waals surface area (Å²) < 4.78 is 15.5. The molecule has 2 amide bonds. The van der Waals surface area contributed by atoms with E-state index in [2.05, 4.69) is 5.32 Å². The molecule has 1 aliphatic rings. The normalized spacial score (nSPS) is 14.8. The van der Waals surface area contributed by atoms with Crippen LogP contribution in [-0.2, 0) is 4.79 Å². The van der Waals surface area contributed by atoms with Gasteiger partial charge in [0.05, 0.1) is 26.0 Å². The maximum atomic E-state index is 12.3. The summed E-state index contributed by atoms with van der Waals surface area (Å²) in [6.07, 6.45) is 7.96. The van der Waals surface area contributed by atoms with Crippen LogP contribution in [0.25, 0.3) is 6.08 Å². The molecule has 7 nitrogen and oxygen atoms in total. The number of carbonyl (C=O) groups is 2. The molecule has 154 valence electrons. The van der Waals surface area contributed by atoms with Crippen molar-refractivity contribution in [1.29, 1.82) is 0 Å². The van der Waals surface area contributed by atoms with E-state index < -0.39 is 0 Å². The number of hydrogen-bond acceptors (Lipinski definition) is 5. The van der Waals surface area contributed by atoms with Crippen molar-refractivity contribution < 1.29 is 23.5 Å². The lowest BCUT2D eigenvalue weighted by atomic mass is 9.96. The van der Waals surface area contributed by atoms with E-state index >= 15 is 0 Å². The number of ether oxygens (including phenoxy) is 2. The summed E-state index contributed by atoms with van der Waals surface area (Å²) in [5, 5.41) is 2.95. The molecular formula is C22H26N2O5. The lowest BCUT2D eigenvalue weighted by Gasteiger charge is -2.31. The number of likely N-dealkylation sites (tertiary alicyclic amines) is 1. The molecule has 1 N–H and O–H groups in total. The zero-order chi connectivity index (χ0) is 20.6. The largest absolute Gasteiger partial charge is 0.493 e. The molecule has 0 bridgehead atoms. The van der Waals surface area contributed by atoms with E-state index in [0.717, 1.165) is 18.4 Å². The highest BCUT2D eigenvalue weighted by Gasteiger charge is 2.24. The molecule has 3 rings (SSSR count). The van der Waals surface area contributed by atoms with Crippen molar-refractivity contribution in [2.45, 2.75) is 12.8 Å². The lowest BCUT2D eigenvalue weighted by Crippen LogP contribution is -2.41. The lowest BCUT2D eigenvalue weighted by molar-refractivity contribution is -0.116. The van der Waals surface area contributed by atoms with Gasteiger partial charge in [-0.05, 0) is 48.6 Å². The smallest absolute Gasteiger partial charge is 0.257 e. The van der Waals surface area contributed by atoms with Gasteiger partial charge in [-0.3, -0.25) is 9.59 Å². The molecule has 2 heterocycles. The molecule has 0 atom stereocenters. The Kier molecular flexibility index (Phi) is 6.94. The van der Waals surface area contributed by atoms with E-state index in [0.29, 0.717) is 42.6 Å². The number of nitrogens with one attached hydrogen (secondary N) is 1. The minimum Gasteiger partial charge on any atom is -0.493 e. The van der Waals surface area contributed by atoms with Gasteiger partial charge in [-0.25, -0.2) is 0 Å². The molecule has 1 aliphatic heterocycles. The number of rotatable bonds is 7. The minimum atomic E-state index is -0.142. The summed E-state index contributed by atoms with van der Waals surface area (Å²) in [6, 6.07) is 7.15. The number of benzene rings is 1. The van der Waals surface area contributed by atoms with Crippen LogP contribution in [0.1, 0.15) is 28.8 Å². The van der Waals surface area contributed by atoms with Crippen LogP contribution < -0.4 is 14.8 Å². The van der Waals surface area contributed by atoms with Crippen LogP contribution in [0, 0.1) is 5.92 Å². The van der Waals surface area contributed by atoms with E-state index in [1.54, 1.807) is 32.4 Å². The Morgan fingerprint density at radius 3 is 2.59 bits per heavy atom. The van der Waals surface area contributed by atoms with Gasteiger partial charge < -0.3 is 24.1 Å². The van der Waals surface area contributed by atoms with Crippen molar-refractivity contribution >= 4 is 17.9 Å². The second-order valence-electron chi connectivity index (χ2n) is 6.94. The Morgan fingerprint density at radius 1 is 1.17 bits per heavy atom. The fourth-order valence-electron chi connectivity index (χ4n) is 3.34. The number of hydrogen-bond donors (Lipinski definition) is 1. The quantitative estimate of drug-likeness (QED) is 0.725. The molecule has 0 unspecified atom stereocenters. The molecule has 7 heteroatoms. The second kappa shape index (κ2) is 9.82. The first-order valence-electron chi connectivity index (χ1n) is 9.60. The summed E-state index contributed by atoms with van der Waals surface area (Å²) in [5.41, 5.74) is 1.43. The Bertz CT molecular complexity index is 852. The third-order valence-corrected chi connectivity index (χ3v) is 5.07. The van der Waals surface area contributed by atoms with Gasteiger partial charge in [0.1, 0.15) is 6.26 Å². The first-order chi connectivity index (χ1) is 14.1. The summed E-state index contributed by atoms with van der Waals surface area (Å²) in [4.78, 5) is 26.3. The minimum absolute atomic E-state index is 0.000844. The molecule has 0 saturated carbocycles. The van der Waals surface area contributed by atoms with E-state index in [-0.39, 0.29) is 11.8 Å². The topological polar surface area (TPSA) is 81.0 Å². The van der Waals surface area contributed by atoms with E-state index in [9.17, 15) is 9.59 Å². The number of nitrogens with zero attached hydrogens (tertiary/aromatic N) is 1. The van der Waals surface area contributed by atoms with Crippen molar-refractivity contribution in [2.75, 3.05) is 33.9 Å². The van der Waals surface area contributed by atoms with Crippen molar-refractivity contribution in [1.82, 2.24) is 10.2 Å². The fourth-order valence-corrected chi connectivity index (χ4v) is 3.34. The predicted molar refractivity (Wildman–Crippen MR) is 109 cm³/mol. The van der Waals surface area contributed by atoms with Crippen molar-refractivity contribution in [3.05, 3.63) is 54.0 Å². The third kappa shape index (κ3) is 5.40. The number of furan rings is 1. The van der Waals surface area contributed by atoms with Crippen molar-refractivity contribution in [3.63, 3.8) is 0 Å². The van der Waals surface area contributed by atoms with Crippen LogP contribution in [-0.4, -0.2) is 50.6 Å². The van der Waals surface area contributed by atoms with Crippen molar-refractivity contribution in [3.8, 4) is 11.5 Å². The van der Waals surface area contributed by atoms with Gasteiger partial charge in [0, 0.05) is 25.7 Å². The maximum Gasteiger partial charge on any atom is 0.257 e. The summed E-state index contributed by atoms with van der Waals surface area (Å²) in [5.74, 6) is 1.48. The van der Waals surface area contributed by atoms with Crippen molar-refractivity contribution in [2.24, 2.45) is 5.92 Å². The van der Waals surface area contributed by atoms with Gasteiger partial charge >= 0.3 is 0 Å². The Balaban J connectivity index is 1.43. The average Bonchev–Trinajstić information content (AvgIpc) is 3.30. The molecule has 1 saturated heterocycles. The summed E-state index contributed by atoms with van der Waals surface area (Å²) >= 11 is 0. The molecule has 0 aliphatic carbocycles. The molecule has 0 spiro atoms. The second-order valence-corrected chi connectivity index (χ2v) is 6.94. The molecule has 2 aromatic rings. The van der Waals surface area contributed by atoms with Gasteiger partial charge in [-0.15, -0.1) is 0 Å². The predicted octanol–water partition coefficient (Wildman–Crippen LogP) is 2.98. The molecule has 29 heavy (non-hydrogen) atoms. The Morgan fingerprint density at radius 2 is 1.93 bits per heavy atom. The fraction of sp³-hybridized carbons (Fsp3) is 0.364. The highest BCUT2D eigenvalue weighted by atomic mass is 16.5. The summed E-state index contributed by atoms with van der Waals surface area (Å²) in [7, 11) is 3.16. The van der Waals surface area contributed by atoms with Gasteiger partial charge in [-0.2, -0.15) is 0 Å². The van der Waals surface area contributed by atoms with E-state index in [1.807, 2.05) is 17.0 Å². The zero-order valence-corrected chi connectivity index (χ0v) is 16.7. The zero-order valence-electron chi connectivity index (χ0n) is 16.7. The maximum absolute atomic E-state index is 12.3. The molecule has 1 fully saturated rings. The highest BCUT2D eigenvalue weighted by molar-refractivity contribution is 5.94.